The van der Waals surface area contributed by atoms with Crippen molar-refractivity contribution in [3.8, 4) is 0 Å². The van der Waals surface area contributed by atoms with E-state index < -0.39 is 0 Å². The molecule has 0 spiro atoms. The Kier molecular flexibility index (Phi) is 6.15. The second-order valence-electron chi connectivity index (χ2n) is 3.12. The highest BCUT2D eigenvalue weighted by atomic mass is 19.1. The molecular formula is C11H17FO. The number of hydrogen-bond acceptors (Lipinski definition) is 1. The lowest BCUT2D eigenvalue weighted by Crippen LogP contribution is -1.86. The Hall–Kier alpha value is -0.890. The first-order chi connectivity index (χ1) is 6.11. The van der Waals surface area contributed by atoms with E-state index in [1.54, 1.807) is 26.4 Å². The summed E-state index contributed by atoms with van der Waals surface area (Å²) in [5, 5.41) is 0. The first kappa shape index (κ1) is 12.1. The van der Waals surface area contributed by atoms with E-state index in [0.717, 1.165) is 5.56 Å². The van der Waals surface area contributed by atoms with Gasteiger partial charge >= 0.3 is 0 Å². The molecule has 0 aliphatic heterocycles. The van der Waals surface area contributed by atoms with Gasteiger partial charge in [-0.25, -0.2) is 4.39 Å². The van der Waals surface area contributed by atoms with E-state index in [1.165, 1.54) is 6.07 Å². The van der Waals surface area contributed by atoms with Gasteiger partial charge in [-0.2, -0.15) is 0 Å². The number of hydrogen-bond donors (Lipinski definition) is 0. The van der Waals surface area contributed by atoms with Crippen LogP contribution in [0.3, 0.4) is 0 Å². The highest BCUT2D eigenvalue weighted by molar-refractivity contribution is 5.19. The van der Waals surface area contributed by atoms with Crippen LogP contribution in [-0.4, -0.2) is 14.2 Å². The molecule has 0 unspecified atom stereocenters. The highest BCUT2D eigenvalue weighted by Crippen LogP contribution is 2.14. The van der Waals surface area contributed by atoms with Crippen LogP contribution >= 0.6 is 0 Å². The third-order valence-electron chi connectivity index (χ3n) is 1.52. The van der Waals surface area contributed by atoms with Gasteiger partial charge in [0.15, 0.2) is 0 Å². The summed E-state index contributed by atoms with van der Waals surface area (Å²) >= 11 is 0. The van der Waals surface area contributed by atoms with Crippen molar-refractivity contribution in [2.45, 2.75) is 19.8 Å². The lowest BCUT2D eigenvalue weighted by molar-refractivity contribution is 0.277. The first-order valence-electron chi connectivity index (χ1n) is 4.27. The fourth-order valence-corrected chi connectivity index (χ4v) is 0.866. The van der Waals surface area contributed by atoms with Crippen molar-refractivity contribution < 1.29 is 9.13 Å². The third kappa shape index (κ3) is 5.36. The van der Waals surface area contributed by atoms with Gasteiger partial charge in [0.05, 0.1) is 0 Å². The highest BCUT2D eigenvalue weighted by Gasteiger charge is 1.97. The van der Waals surface area contributed by atoms with Crippen molar-refractivity contribution in [2.75, 3.05) is 14.2 Å². The van der Waals surface area contributed by atoms with Crippen LogP contribution in [0, 0.1) is 5.82 Å². The molecule has 13 heavy (non-hydrogen) atoms. The number of methoxy groups -OCH3 is 1. The number of ether oxygens (including phenoxy) is 1. The molecule has 0 radical (unpaired) electrons. The summed E-state index contributed by atoms with van der Waals surface area (Å²) in [6.07, 6.45) is 0. The van der Waals surface area contributed by atoms with Gasteiger partial charge in [0.1, 0.15) is 5.82 Å². The maximum absolute atomic E-state index is 12.5. The average Bonchev–Trinajstić information content (AvgIpc) is 2.05. The molecule has 0 saturated carbocycles. The zero-order chi connectivity index (χ0) is 10.3. The van der Waals surface area contributed by atoms with Gasteiger partial charge in [-0.1, -0.05) is 26.0 Å². The van der Waals surface area contributed by atoms with Crippen LogP contribution < -0.4 is 0 Å². The fraction of sp³-hybridized carbons (Fsp3) is 0.455. The molecule has 1 nitrogen and oxygen atoms in total. The van der Waals surface area contributed by atoms with E-state index in [9.17, 15) is 4.39 Å². The van der Waals surface area contributed by atoms with Crippen LogP contribution in [0.2, 0.25) is 0 Å². The summed E-state index contributed by atoms with van der Waals surface area (Å²) in [5.41, 5.74) is 1.06. The standard InChI is InChI=1S/C9H11F.C2H6O/c1-7(2)8-4-3-5-9(10)6-8;1-3-2/h3-7H,1-2H3;1-2H3. The number of halogens is 1. The molecular weight excluding hydrogens is 167 g/mol. The van der Waals surface area contributed by atoms with Gasteiger partial charge in [-0.05, 0) is 23.6 Å². The van der Waals surface area contributed by atoms with Gasteiger partial charge in [0, 0.05) is 14.2 Å². The quantitative estimate of drug-likeness (QED) is 0.651. The van der Waals surface area contributed by atoms with Crippen molar-refractivity contribution in [1.82, 2.24) is 0 Å². The molecule has 0 N–H and O–H groups in total. The van der Waals surface area contributed by atoms with Crippen LogP contribution in [0.4, 0.5) is 4.39 Å². The predicted octanol–water partition coefficient (Wildman–Crippen LogP) is 3.21. The normalized spacial score (nSPS) is 9.38. The third-order valence-corrected chi connectivity index (χ3v) is 1.52. The topological polar surface area (TPSA) is 9.23 Å². The summed E-state index contributed by atoms with van der Waals surface area (Å²) in [5.74, 6) is 0.266. The minimum atomic E-state index is -0.147. The molecule has 0 heterocycles. The Morgan fingerprint density at radius 1 is 1.23 bits per heavy atom. The summed E-state index contributed by atoms with van der Waals surface area (Å²) in [4.78, 5) is 0. The molecule has 0 aliphatic carbocycles. The molecule has 0 fully saturated rings. The van der Waals surface area contributed by atoms with Crippen molar-refractivity contribution in [1.29, 1.82) is 0 Å². The maximum atomic E-state index is 12.5. The Labute approximate surface area is 79.5 Å². The van der Waals surface area contributed by atoms with Gasteiger partial charge in [-0.15, -0.1) is 0 Å². The molecule has 0 saturated heterocycles. The molecule has 0 aliphatic rings. The largest absolute Gasteiger partial charge is 0.388 e. The van der Waals surface area contributed by atoms with E-state index in [0.29, 0.717) is 5.92 Å². The monoisotopic (exact) mass is 184 g/mol. The summed E-state index contributed by atoms with van der Waals surface area (Å²) in [6.45, 7) is 4.10. The van der Waals surface area contributed by atoms with Crippen molar-refractivity contribution in [3.63, 3.8) is 0 Å². The fourth-order valence-electron chi connectivity index (χ4n) is 0.866. The van der Waals surface area contributed by atoms with Crippen LogP contribution in [0.15, 0.2) is 24.3 Å². The van der Waals surface area contributed by atoms with Crippen LogP contribution in [0.5, 0.6) is 0 Å². The number of benzene rings is 1. The summed E-state index contributed by atoms with van der Waals surface area (Å²) < 4.78 is 16.8. The zero-order valence-electron chi connectivity index (χ0n) is 8.67. The van der Waals surface area contributed by atoms with E-state index >= 15 is 0 Å². The molecule has 0 bridgehead atoms. The SMILES string of the molecule is CC(C)c1cccc(F)c1.COC. The molecule has 1 rings (SSSR count). The molecule has 0 amide bonds. The first-order valence-corrected chi connectivity index (χ1v) is 4.27. The lowest BCUT2D eigenvalue weighted by atomic mass is 10.0. The van der Waals surface area contributed by atoms with Crippen LogP contribution in [-0.2, 0) is 4.74 Å². The van der Waals surface area contributed by atoms with Crippen LogP contribution in [0.1, 0.15) is 25.3 Å². The van der Waals surface area contributed by atoms with E-state index in [-0.39, 0.29) is 5.82 Å². The summed E-state index contributed by atoms with van der Waals surface area (Å²) in [6, 6.07) is 6.72. The van der Waals surface area contributed by atoms with Crippen molar-refractivity contribution >= 4 is 0 Å². The average molecular weight is 184 g/mol. The minimum absolute atomic E-state index is 0.147. The molecule has 0 aromatic heterocycles. The smallest absolute Gasteiger partial charge is 0.123 e. The molecule has 2 heteroatoms. The van der Waals surface area contributed by atoms with Gasteiger partial charge in [-0.3, -0.25) is 0 Å². The van der Waals surface area contributed by atoms with Crippen molar-refractivity contribution in [2.24, 2.45) is 0 Å². The number of rotatable bonds is 1. The second-order valence-corrected chi connectivity index (χ2v) is 3.12. The van der Waals surface area contributed by atoms with E-state index in [1.807, 2.05) is 6.07 Å². The van der Waals surface area contributed by atoms with E-state index in [4.69, 9.17) is 0 Å². The zero-order valence-corrected chi connectivity index (χ0v) is 8.67. The Balaban J connectivity index is 0.000000424. The second kappa shape index (κ2) is 6.61. The lowest BCUT2D eigenvalue weighted by Gasteiger charge is -2.02. The van der Waals surface area contributed by atoms with Gasteiger partial charge in [0.2, 0.25) is 0 Å². The van der Waals surface area contributed by atoms with Gasteiger partial charge < -0.3 is 4.74 Å². The minimum Gasteiger partial charge on any atom is -0.388 e. The maximum Gasteiger partial charge on any atom is 0.123 e. The van der Waals surface area contributed by atoms with Gasteiger partial charge in [0.25, 0.3) is 0 Å². The van der Waals surface area contributed by atoms with Crippen LogP contribution in [0.25, 0.3) is 0 Å². The Morgan fingerprint density at radius 3 is 2.08 bits per heavy atom. The Bertz CT molecular complexity index is 233. The molecule has 0 atom stereocenters. The molecule has 1 aromatic rings. The van der Waals surface area contributed by atoms with E-state index in [2.05, 4.69) is 18.6 Å². The van der Waals surface area contributed by atoms with Crippen molar-refractivity contribution in [3.05, 3.63) is 35.6 Å². The molecule has 74 valence electrons. The predicted molar refractivity (Wildman–Crippen MR) is 53.4 cm³/mol. The summed E-state index contributed by atoms with van der Waals surface area (Å²) in [7, 11) is 3.25. The molecule has 1 aromatic carbocycles. The Morgan fingerprint density at radius 2 is 1.77 bits per heavy atom.